The molecule has 0 aliphatic heterocycles. The summed E-state index contributed by atoms with van der Waals surface area (Å²) in [5, 5.41) is 6.39. The molecule has 1 amide bonds. The van der Waals surface area contributed by atoms with E-state index in [1.807, 2.05) is 6.92 Å². The maximum absolute atomic E-state index is 11.6. The summed E-state index contributed by atoms with van der Waals surface area (Å²) in [6.07, 6.45) is 0.727. The molecule has 0 radical (unpaired) electrons. The second-order valence-electron chi connectivity index (χ2n) is 3.81. The molecule has 0 fully saturated rings. The lowest BCUT2D eigenvalue weighted by Crippen LogP contribution is -2.29. The molecule has 1 rings (SSSR count). The van der Waals surface area contributed by atoms with Gasteiger partial charge in [0.25, 0.3) is 11.5 Å². The van der Waals surface area contributed by atoms with Crippen molar-refractivity contribution in [1.29, 1.82) is 0 Å². The topological polar surface area (TPSA) is 90.3 Å². The molecular weight excluding hydrogens is 250 g/mol. The van der Waals surface area contributed by atoms with E-state index in [4.69, 9.17) is 4.74 Å². The second kappa shape index (κ2) is 7.30. The fourth-order valence-corrected chi connectivity index (χ4v) is 1.38. The van der Waals surface area contributed by atoms with Crippen LogP contribution in [-0.2, 0) is 16.1 Å². The van der Waals surface area contributed by atoms with E-state index in [1.165, 1.54) is 16.8 Å². The maximum Gasteiger partial charge on any atom is 0.359 e. The molecule has 19 heavy (non-hydrogen) atoms. The Morgan fingerprint density at radius 2 is 2.11 bits per heavy atom. The van der Waals surface area contributed by atoms with Gasteiger partial charge >= 0.3 is 5.97 Å². The van der Waals surface area contributed by atoms with Gasteiger partial charge in [0.1, 0.15) is 0 Å². The zero-order valence-corrected chi connectivity index (χ0v) is 11.0. The van der Waals surface area contributed by atoms with E-state index < -0.39 is 5.97 Å². The number of carbonyl (C=O) groups is 2. The summed E-state index contributed by atoms with van der Waals surface area (Å²) in [5.41, 5.74) is -0.264. The van der Waals surface area contributed by atoms with Crippen LogP contribution in [0.2, 0.25) is 0 Å². The number of rotatable bonds is 6. The number of likely N-dealkylation sites (N-methyl/N-ethyl adjacent to an activating group) is 1. The lowest BCUT2D eigenvalue weighted by atomic mass is 10.4. The molecule has 0 atom stereocenters. The highest BCUT2D eigenvalue weighted by Crippen LogP contribution is 1.95. The molecule has 7 nitrogen and oxygen atoms in total. The van der Waals surface area contributed by atoms with Gasteiger partial charge in [0.15, 0.2) is 12.3 Å². The average molecular weight is 267 g/mol. The van der Waals surface area contributed by atoms with E-state index in [0.29, 0.717) is 13.1 Å². The predicted molar refractivity (Wildman–Crippen MR) is 67.8 cm³/mol. The van der Waals surface area contributed by atoms with E-state index in [1.54, 1.807) is 6.92 Å². The van der Waals surface area contributed by atoms with Crippen molar-refractivity contribution in [2.45, 2.75) is 26.8 Å². The van der Waals surface area contributed by atoms with Crippen molar-refractivity contribution >= 4 is 11.9 Å². The van der Waals surface area contributed by atoms with Gasteiger partial charge in [-0.15, -0.1) is 0 Å². The molecular formula is C12H17N3O4. The molecule has 0 aliphatic carbocycles. The van der Waals surface area contributed by atoms with E-state index in [2.05, 4.69) is 10.4 Å². The first-order chi connectivity index (χ1) is 9.08. The first-order valence-electron chi connectivity index (χ1n) is 6.10. The summed E-state index contributed by atoms with van der Waals surface area (Å²) < 4.78 is 5.98. The van der Waals surface area contributed by atoms with Crippen molar-refractivity contribution in [3.05, 3.63) is 28.2 Å². The van der Waals surface area contributed by atoms with E-state index in [9.17, 15) is 14.4 Å². The Labute approximate surface area is 110 Å². The van der Waals surface area contributed by atoms with Crippen LogP contribution in [0.3, 0.4) is 0 Å². The van der Waals surface area contributed by atoms with Crippen molar-refractivity contribution < 1.29 is 14.3 Å². The largest absolute Gasteiger partial charge is 0.451 e. The SMILES string of the molecule is CCCn1nc(C(=O)OCC(=O)NCC)ccc1=O. The number of esters is 1. The molecule has 0 bridgehead atoms. The normalized spacial score (nSPS) is 10.0. The zero-order valence-electron chi connectivity index (χ0n) is 11.0. The summed E-state index contributed by atoms with van der Waals surface area (Å²) in [6, 6.07) is 2.54. The molecule has 1 heterocycles. The Bertz CT molecular complexity index is 510. The number of carbonyl (C=O) groups excluding carboxylic acids is 2. The summed E-state index contributed by atoms with van der Waals surface area (Å²) >= 11 is 0. The summed E-state index contributed by atoms with van der Waals surface area (Å²) in [4.78, 5) is 34.2. The van der Waals surface area contributed by atoms with Gasteiger partial charge < -0.3 is 10.1 Å². The Balaban J connectivity index is 2.69. The van der Waals surface area contributed by atoms with Crippen LogP contribution in [0, 0.1) is 0 Å². The second-order valence-corrected chi connectivity index (χ2v) is 3.81. The smallest absolute Gasteiger partial charge is 0.359 e. The van der Waals surface area contributed by atoms with Crippen molar-refractivity contribution in [3.8, 4) is 0 Å². The molecule has 1 N–H and O–H groups in total. The zero-order chi connectivity index (χ0) is 14.3. The molecule has 0 aromatic carbocycles. The number of nitrogens with zero attached hydrogens (tertiary/aromatic N) is 2. The lowest BCUT2D eigenvalue weighted by Gasteiger charge is -2.06. The van der Waals surface area contributed by atoms with Crippen LogP contribution in [0.4, 0.5) is 0 Å². The molecule has 1 aromatic rings. The monoisotopic (exact) mass is 267 g/mol. The van der Waals surface area contributed by atoms with E-state index in [0.717, 1.165) is 6.42 Å². The van der Waals surface area contributed by atoms with Crippen molar-refractivity contribution in [2.24, 2.45) is 0 Å². The molecule has 1 aromatic heterocycles. The first-order valence-corrected chi connectivity index (χ1v) is 6.10. The minimum atomic E-state index is -0.726. The van der Waals surface area contributed by atoms with Crippen LogP contribution >= 0.6 is 0 Å². The summed E-state index contributed by atoms with van der Waals surface area (Å²) in [6.45, 7) is 4.20. The van der Waals surface area contributed by atoms with Gasteiger partial charge in [-0.25, -0.2) is 9.48 Å². The van der Waals surface area contributed by atoms with Gasteiger partial charge in [-0.2, -0.15) is 5.10 Å². The third-order valence-corrected chi connectivity index (χ3v) is 2.22. The quantitative estimate of drug-likeness (QED) is 0.729. The Hall–Kier alpha value is -2.18. The molecule has 0 spiro atoms. The van der Waals surface area contributed by atoms with Crippen LogP contribution in [0.1, 0.15) is 30.8 Å². The number of hydrogen-bond acceptors (Lipinski definition) is 5. The van der Waals surface area contributed by atoms with Crippen LogP contribution in [0.25, 0.3) is 0 Å². The minimum absolute atomic E-state index is 0.0114. The van der Waals surface area contributed by atoms with Gasteiger partial charge in [0, 0.05) is 19.2 Å². The highest BCUT2D eigenvalue weighted by molar-refractivity contribution is 5.89. The van der Waals surface area contributed by atoms with E-state index >= 15 is 0 Å². The number of aryl methyl sites for hydroxylation is 1. The molecule has 104 valence electrons. The summed E-state index contributed by atoms with van der Waals surface area (Å²) in [5.74, 6) is -1.10. The van der Waals surface area contributed by atoms with Crippen LogP contribution in [-0.4, -0.2) is 34.8 Å². The maximum atomic E-state index is 11.6. The van der Waals surface area contributed by atoms with Crippen LogP contribution in [0.5, 0.6) is 0 Å². The number of aromatic nitrogens is 2. The Morgan fingerprint density at radius 1 is 1.37 bits per heavy atom. The number of nitrogens with one attached hydrogen (secondary N) is 1. The number of amides is 1. The van der Waals surface area contributed by atoms with E-state index in [-0.39, 0.29) is 23.8 Å². The highest BCUT2D eigenvalue weighted by Gasteiger charge is 2.12. The van der Waals surface area contributed by atoms with Crippen LogP contribution < -0.4 is 10.9 Å². The lowest BCUT2D eigenvalue weighted by molar-refractivity contribution is -0.124. The number of hydrogen-bond donors (Lipinski definition) is 1. The molecule has 0 unspecified atom stereocenters. The van der Waals surface area contributed by atoms with Crippen molar-refractivity contribution in [1.82, 2.24) is 15.1 Å². The average Bonchev–Trinajstić information content (AvgIpc) is 2.39. The third kappa shape index (κ3) is 4.53. The van der Waals surface area contributed by atoms with Gasteiger partial charge in [0.2, 0.25) is 0 Å². The third-order valence-electron chi connectivity index (χ3n) is 2.22. The Kier molecular flexibility index (Phi) is 5.72. The van der Waals surface area contributed by atoms with Crippen molar-refractivity contribution in [3.63, 3.8) is 0 Å². The highest BCUT2D eigenvalue weighted by atomic mass is 16.5. The van der Waals surface area contributed by atoms with Crippen LogP contribution in [0.15, 0.2) is 16.9 Å². The Morgan fingerprint density at radius 3 is 2.74 bits per heavy atom. The predicted octanol–water partition coefficient (Wildman–Crippen LogP) is -0.0538. The van der Waals surface area contributed by atoms with Gasteiger partial charge in [0.05, 0.1) is 0 Å². The summed E-state index contributed by atoms with van der Waals surface area (Å²) in [7, 11) is 0. The number of ether oxygens (including phenoxy) is 1. The minimum Gasteiger partial charge on any atom is -0.451 e. The molecule has 0 aliphatic rings. The fraction of sp³-hybridized carbons (Fsp3) is 0.500. The van der Waals surface area contributed by atoms with Gasteiger partial charge in [-0.3, -0.25) is 9.59 Å². The molecule has 0 saturated heterocycles. The van der Waals surface area contributed by atoms with Crippen molar-refractivity contribution in [2.75, 3.05) is 13.2 Å². The standard InChI is InChI=1S/C12H17N3O4/c1-3-7-15-11(17)6-5-9(14-15)12(18)19-8-10(16)13-4-2/h5-6H,3-4,7-8H2,1-2H3,(H,13,16). The first kappa shape index (κ1) is 14.9. The van der Waals surface area contributed by atoms with Gasteiger partial charge in [-0.1, -0.05) is 6.92 Å². The molecule has 0 saturated carbocycles. The fourth-order valence-electron chi connectivity index (χ4n) is 1.38. The van der Waals surface area contributed by atoms with Gasteiger partial charge in [-0.05, 0) is 19.4 Å². The molecule has 7 heteroatoms.